The molecule has 1 fully saturated rings. The molecule has 0 unspecified atom stereocenters. The van der Waals surface area contributed by atoms with Gasteiger partial charge in [0.2, 0.25) is 0 Å². The molecule has 3 heterocycles. The summed E-state index contributed by atoms with van der Waals surface area (Å²) in [5.74, 6) is -0.251. The molecule has 1 saturated heterocycles. The Morgan fingerprint density at radius 1 is 1.15 bits per heavy atom. The van der Waals surface area contributed by atoms with Crippen molar-refractivity contribution in [1.29, 1.82) is 0 Å². The van der Waals surface area contributed by atoms with E-state index in [0.29, 0.717) is 0 Å². The SMILES string of the molecule is CCCN1C(=S)N[C@@H](c2ccccn2)[C@@H]1c1cccn1-c1cccc(F)c1. The molecule has 0 radical (unpaired) electrons. The van der Waals surface area contributed by atoms with Gasteiger partial charge in [0.05, 0.1) is 17.8 Å². The van der Waals surface area contributed by atoms with Crippen molar-refractivity contribution < 1.29 is 4.39 Å². The fraction of sp³-hybridized carbons (Fsp3) is 0.238. The predicted molar refractivity (Wildman–Crippen MR) is 108 cm³/mol. The van der Waals surface area contributed by atoms with E-state index in [9.17, 15) is 4.39 Å². The molecule has 3 aromatic rings. The molecule has 6 heteroatoms. The minimum atomic E-state index is -0.251. The Bertz CT molecular complexity index is 940. The predicted octanol–water partition coefficient (Wildman–Crippen LogP) is 4.39. The van der Waals surface area contributed by atoms with Crippen LogP contribution in [0, 0.1) is 5.82 Å². The highest BCUT2D eigenvalue weighted by Crippen LogP contribution is 2.39. The molecule has 0 aliphatic carbocycles. The first-order valence-corrected chi connectivity index (χ1v) is 9.51. The van der Waals surface area contributed by atoms with Gasteiger partial charge < -0.3 is 14.8 Å². The Kier molecular flexibility index (Phi) is 4.90. The van der Waals surface area contributed by atoms with Gasteiger partial charge in [0.25, 0.3) is 0 Å². The van der Waals surface area contributed by atoms with Crippen LogP contribution in [0.1, 0.15) is 36.8 Å². The Hall–Kier alpha value is -2.73. The number of nitrogens with one attached hydrogen (secondary N) is 1. The molecule has 27 heavy (non-hydrogen) atoms. The minimum Gasteiger partial charge on any atom is -0.352 e. The normalized spacial score (nSPS) is 19.3. The molecule has 0 spiro atoms. The fourth-order valence-electron chi connectivity index (χ4n) is 3.70. The van der Waals surface area contributed by atoms with Crippen molar-refractivity contribution in [3.63, 3.8) is 0 Å². The molecule has 0 amide bonds. The zero-order valence-electron chi connectivity index (χ0n) is 15.0. The Labute approximate surface area is 163 Å². The lowest BCUT2D eigenvalue weighted by molar-refractivity contribution is 0.309. The van der Waals surface area contributed by atoms with Crippen molar-refractivity contribution >= 4 is 17.3 Å². The largest absolute Gasteiger partial charge is 0.352 e. The summed E-state index contributed by atoms with van der Waals surface area (Å²) in [5, 5.41) is 4.17. The molecule has 2 aromatic heterocycles. The molecule has 4 rings (SSSR count). The van der Waals surface area contributed by atoms with Crippen LogP contribution in [0.3, 0.4) is 0 Å². The van der Waals surface area contributed by atoms with Crippen LogP contribution >= 0.6 is 12.2 Å². The van der Waals surface area contributed by atoms with Gasteiger partial charge in [0, 0.05) is 30.3 Å². The lowest BCUT2D eigenvalue weighted by Gasteiger charge is -2.28. The van der Waals surface area contributed by atoms with Crippen molar-refractivity contribution in [2.75, 3.05) is 6.54 Å². The average molecular weight is 380 g/mol. The smallest absolute Gasteiger partial charge is 0.170 e. The van der Waals surface area contributed by atoms with Gasteiger partial charge in [0.1, 0.15) is 5.82 Å². The Morgan fingerprint density at radius 3 is 2.78 bits per heavy atom. The molecule has 0 saturated carbocycles. The number of hydrogen-bond acceptors (Lipinski definition) is 2. The highest BCUT2D eigenvalue weighted by Gasteiger charge is 2.40. The number of pyridine rings is 1. The van der Waals surface area contributed by atoms with Crippen LogP contribution in [-0.4, -0.2) is 26.1 Å². The van der Waals surface area contributed by atoms with Gasteiger partial charge in [-0.1, -0.05) is 19.1 Å². The van der Waals surface area contributed by atoms with E-state index in [2.05, 4.69) is 28.2 Å². The third kappa shape index (κ3) is 3.32. The second-order valence-corrected chi connectivity index (χ2v) is 6.99. The summed E-state index contributed by atoms with van der Waals surface area (Å²) in [5.41, 5.74) is 2.79. The van der Waals surface area contributed by atoms with E-state index in [1.807, 2.05) is 41.1 Å². The van der Waals surface area contributed by atoms with Crippen LogP contribution in [0.25, 0.3) is 5.69 Å². The monoisotopic (exact) mass is 380 g/mol. The van der Waals surface area contributed by atoms with Gasteiger partial charge in [0.15, 0.2) is 5.11 Å². The maximum absolute atomic E-state index is 13.8. The van der Waals surface area contributed by atoms with Gasteiger partial charge in [-0.25, -0.2) is 4.39 Å². The summed E-state index contributed by atoms with van der Waals surface area (Å²) in [6.07, 6.45) is 4.74. The van der Waals surface area contributed by atoms with Gasteiger partial charge >= 0.3 is 0 Å². The average Bonchev–Trinajstić information content (AvgIpc) is 3.28. The van der Waals surface area contributed by atoms with E-state index in [0.717, 1.165) is 35.2 Å². The number of benzene rings is 1. The van der Waals surface area contributed by atoms with E-state index in [1.165, 1.54) is 6.07 Å². The summed E-state index contributed by atoms with van der Waals surface area (Å²) in [4.78, 5) is 6.76. The van der Waals surface area contributed by atoms with Crippen LogP contribution in [-0.2, 0) is 0 Å². The highest BCUT2D eigenvalue weighted by molar-refractivity contribution is 7.80. The third-order valence-electron chi connectivity index (χ3n) is 4.83. The maximum atomic E-state index is 13.8. The summed E-state index contributed by atoms with van der Waals surface area (Å²) in [6, 6.07) is 16.5. The summed E-state index contributed by atoms with van der Waals surface area (Å²) in [6.45, 7) is 2.98. The van der Waals surface area contributed by atoms with Crippen molar-refractivity contribution in [3.05, 3.63) is 84.2 Å². The van der Waals surface area contributed by atoms with E-state index in [1.54, 1.807) is 18.3 Å². The topological polar surface area (TPSA) is 33.1 Å². The molecular formula is C21H21FN4S. The van der Waals surface area contributed by atoms with Gasteiger partial charge in [-0.05, 0) is 61.1 Å². The molecule has 1 aliphatic rings. The third-order valence-corrected chi connectivity index (χ3v) is 5.18. The molecular weight excluding hydrogens is 359 g/mol. The first-order valence-electron chi connectivity index (χ1n) is 9.10. The molecule has 2 atom stereocenters. The van der Waals surface area contributed by atoms with Gasteiger partial charge in [-0.15, -0.1) is 0 Å². The summed E-state index contributed by atoms with van der Waals surface area (Å²) >= 11 is 5.63. The van der Waals surface area contributed by atoms with Crippen molar-refractivity contribution in [2.24, 2.45) is 0 Å². The van der Waals surface area contributed by atoms with Crippen molar-refractivity contribution in [1.82, 2.24) is 19.8 Å². The number of thiocarbonyl (C=S) groups is 1. The first-order chi connectivity index (χ1) is 13.2. The van der Waals surface area contributed by atoms with Crippen LogP contribution in [0.5, 0.6) is 0 Å². The molecule has 1 aromatic carbocycles. The van der Waals surface area contributed by atoms with Crippen molar-refractivity contribution in [2.45, 2.75) is 25.4 Å². The van der Waals surface area contributed by atoms with Gasteiger partial charge in [-0.3, -0.25) is 4.98 Å². The zero-order chi connectivity index (χ0) is 18.8. The highest BCUT2D eigenvalue weighted by atomic mass is 32.1. The Balaban J connectivity index is 1.81. The summed E-state index contributed by atoms with van der Waals surface area (Å²) < 4.78 is 15.8. The Morgan fingerprint density at radius 2 is 2.04 bits per heavy atom. The number of hydrogen-bond donors (Lipinski definition) is 1. The number of halogens is 1. The van der Waals surface area contributed by atoms with E-state index in [-0.39, 0.29) is 17.9 Å². The lowest BCUT2D eigenvalue weighted by atomic mass is 10.0. The van der Waals surface area contributed by atoms with Crippen LogP contribution < -0.4 is 5.32 Å². The molecule has 4 nitrogen and oxygen atoms in total. The number of nitrogens with zero attached hydrogens (tertiary/aromatic N) is 3. The van der Waals surface area contributed by atoms with Crippen molar-refractivity contribution in [3.8, 4) is 5.69 Å². The maximum Gasteiger partial charge on any atom is 0.170 e. The quantitative estimate of drug-likeness (QED) is 0.666. The number of aromatic nitrogens is 2. The standard InChI is InChI=1S/C21H21FN4S/c1-2-12-26-20(19(24-21(26)27)17-9-3-4-11-23-17)18-10-6-13-25(18)16-8-5-7-15(22)14-16/h3-11,13-14,19-20H,2,12H2,1H3,(H,24,27)/t19-,20-/m0/s1. The van der Waals surface area contributed by atoms with E-state index in [4.69, 9.17) is 12.2 Å². The van der Waals surface area contributed by atoms with Crippen LogP contribution in [0.15, 0.2) is 67.0 Å². The minimum absolute atomic E-state index is 0.0226. The molecule has 1 aliphatic heterocycles. The van der Waals surface area contributed by atoms with E-state index >= 15 is 0 Å². The first kappa shape index (κ1) is 17.7. The van der Waals surface area contributed by atoms with Crippen LogP contribution in [0.2, 0.25) is 0 Å². The molecule has 1 N–H and O–H groups in total. The molecule has 138 valence electrons. The zero-order valence-corrected chi connectivity index (χ0v) is 15.9. The van der Waals surface area contributed by atoms with Gasteiger partial charge in [-0.2, -0.15) is 0 Å². The second kappa shape index (κ2) is 7.48. The fourth-order valence-corrected chi connectivity index (χ4v) is 4.04. The van der Waals surface area contributed by atoms with Crippen LogP contribution in [0.4, 0.5) is 4.39 Å². The lowest BCUT2D eigenvalue weighted by Crippen LogP contribution is -2.31. The summed E-state index contributed by atoms with van der Waals surface area (Å²) in [7, 11) is 0. The van der Waals surface area contributed by atoms with E-state index < -0.39 is 0 Å². The number of rotatable bonds is 5. The molecule has 0 bridgehead atoms. The second-order valence-electron chi connectivity index (χ2n) is 6.60.